The van der Waals surface area contributed by atoms with Gasteiger partial charge in [0.25, 0.3) is 0 Å². The normalized spacial score (nSPS) is 12.6. The Bertz CT molecular complexity index is 513. The van der Waals surface area contributed by atoms with E-state index >= 15 is 0 Å². The number of ether oxygens (including phenoxy) is 1. The van der Waals surface area contributed by atoms with Crippen LogP contribution in [0.25, 0.3) is 10.4 Å². The van der Waals surface area contributed by atoms with Gasteiger partial charge in [-0.05, 0) is 36.1 Å². The summed E-state index contributed by atoms with van der Waals surface area (Å²) in [5.74, 6) is -0.170. The van der Waals surface area contributed by atoms with E-state index < -0.39 is 0 Å². The van der Waals surface area contributed by atoms with Gasteiger partial charge in [0.1, 0.15) is 5.82 Å². The molecule has 0 fully saturated rings. The van der Waals surface area contributed by atoms with Crippen molar-refractivity contribution in [3.63, 3.8) is 0 Å². The first-order valence-electron chi connectivity index (χ1n) is 6.26. The number of nitrogens with one attached hydrogen (secondary N) is 1. The van der Waals surface area contributed by atoms with E-state index in [0.29, 0.717) is 12.1 Å². The van der Waals surface area contributed by atoms with Gasteiger partial charge in [-0.25, -0.2) is 4.39 Å². The van der Waals surface area contributed by atoms with Crippen LogP contribution in [0.15, 0.2) is 35.7 Å². The fourth-order valence-electron chi connectivity index (χ4n) is 1.81. The SMILES string of the molecule is COC(C)CNCc1ccc(F)c(-c2cccs2)c1. The molecular weight excluding hydrogens is 261 g/mol. The molecule has 1 aromatic carbocycles. The molecule has 102 valence electrons. The van der Waals surface area contributed by atoms with Gasteiger partial charge in [-0.15, -0.1) is 11.3 Å². The summed E-state index contributed by atoms with van der Waals surface area (Å²) in [6.45, 7) is 3.50. The summed E-state index contributed by atoms with van der Waals surface area (Å²) in [4.78, 5) is 0.963. The lowest BCUT2D eigenvalue weighted by Gasteiger charge is -2.11. The van der Waals surface area contributed by atoms with Gasteiger partial charge in [-0.1, -0.05) is 12.1 Å². The maximum Gasteiger partial charge on any atom is 0.131 e. The van der Waals surface area contributed by atoms with E-state index in [1.165, 1.54) is 6.07 Å². The molecule has 1 heterocycles. The lowest BCUT2D eigenvalue weighted by molar-refractivity contribution is 0.117. The number of hydrogen-bond acceptors (Lipinski definition) is 3. The highest BCUT2D eigenvalue weighted by atomic mass is 32.1. The number of thiophene rings is 1. The molecule has 2 aromatic rings. The van der Waals surface area contributed by atoms with Crippen LogP contribution in [0.2, 0.25) is 0 Å². The molecule has 0 aliphatic rings. The smallest absolute Gasteiger partial charge is 0.131 e. The third-order valence-corrected chi connectivity index (χ3v) is 3.88. The summed E-state index contributed by atoms with van der Waals surface area (Å²) < 4.78 is 19.0. The average Bonchev–Trinajstić information content (AvgIpc) is 2.94. The lowest BCUT2D eigenvalue weighted by Crippen LogP contribution is -2.25. The first kappa shape index (κ1) is 14.2. The molecule has 0 bridgehead atoms. The van der Waals surface area contributed by atoms with Crippen LogP contribution in [0, 0.1) is 5.82 Å². The highest BCUT2D eigenvalue weighted by molar-refractivity contribution is 7.13. The molecule has 2 nitrogen and oxygen atoms in total. The van der Waals surface area contributed by atoms with Gasteiger partial charge >= 0.3 is 0 Å². The largest absolute Gasteiger partial charge is 0.380 e. The minimum Gasteiger partial charge on any atom is -0.380 e. The van der Waals surface area contributed by atoms with Gasteiger partial charge < -0.3 is 10.1 Å². The Morgan fingerprint density at radius 2 is 2.21 bits per heavy atom. The van der Waals surface area contributed by atoms with Gasteiger partial charge in [0.05, 0.1) is 6.10 Å². The summed E-state index contributed by atoms with van der Waals surface area (Å²) in [6, 6.07) is 9.13. The highest BCUT2D eigenvalue weighted by Gasteiger charge is 2.07. The number of benzene rings is 1. The molecule has 2 rings (SSSR count). The van der Waals surface area contributed by atoms with Crippen LogP contribution in [0.5, 0.6) is 0 Å². The highest BCUT2D eigenvalue weighted by Crippen LogP contribution is 2.28. The maximum atomic E-state index is 13.8. The molecule has 1 aromatic heterocycles. The van der Waals surface area contributed by atoms with Crippen LogP contribution in [-0.2, 0) is 11.3 Å². The number of hydrogen-bond donors (Lipinski definition) is 1. The Morgan fingerprint density at radius 3 is 2.89 bits per heavy atom. The average molecular weight is 279 g/mol. The van der Waals surface area contributed by atoms with Crippen molar-refractivity contribution in [1.29, 1.82) is 0 Å². The molecule has 0 aliphatic heterocycles. The van der Waals surface area contributed by atoms with Crippen LogP contribution >= 0.6 is 11.3 Å². The fourth-order valence-corrected chi connectivity index (χ4v) is 2.55. The summed E-state index contributed by atoms with van der Waals surface area (Å²) in [7, 11) is 1.69. The zero-order valence-corrected chi connectivity index (χ0v) is 12.0. The molecule has 0 amide bonds. The molecule has 0 aliphatic carbocycles. The third-order valence-electron chi connectivity index (χ3n) is 2.98. The fraction of sp³-hybridized carbons (Fsp3) is 0.333. The molecule has 1 unspecified atom stereocenters. The van der Waals surface area contributed by atoms with Gasteiger partial charge in [0.2, 0.25) is 0 Å². The molecule has 0 spiro atoms. The van der Waals surface area contributed by atoms with E-state index in [2.05, 4.69) is 5.32 Å². The monoisotopic (exact) mass is 279 g/mol. The number of methoxy groups -OCH3 is 1. The molecule has 4 heteroatoms. The molecule has 1 atom stereocenters. The summed E-state index contributed by atoms with van der Waals surface area (Å²) in [5, 5.41) is 5.26. The van der Waals surface area contributed by atoms with Crippen molar-refractivity contribution in [3.05, 3.63) is 47.1 Å². The third kappa shape index (κ3) is 3.86. The molecule has 1 N–H and O–H groups in total. The van der Waals surface area contributed by atoms with Gasteiger partial charge in [-0.2, -0.15) is 0 Å². The zero-order valence-electron chi connectivity index (χ0n) is 11.2. The minimum atomic E-state index is -0.170. The Balaban J connectivity index is 2.05. The number of rotatable bonds is 6. The van der Waals surface area contributed by atoms with Crippen molar-refractivity contribution < 1.29 is 9.13 Å². The van der Waals surface area contributed by atoms with E-state index in [1.807, 2.05) is 36.6 Å². The molecular formula is C15H18FNOS. The van der Waals surface area contributed by atoms with Crippen LogP contribution in [0.1, 0.15) is 12.5 Å². The topological polar surface area (TPSA) is 21.3 Å². The van der Waals surface area contributed by atoms with Crippen LogP contribution < -0.4 is 5.32 Å². The standard InChI is InChI=1S/C15H18FNOS/c1-11(18-2)9-17-10-12-5-6-14(16)13(8-12)15-4-3-7-19-15/h3-8,11,17H,9-10H2,1-2H3. The van der Waals surface area contributed by atoms with Crippen molar-refractivity contribution in [1.82, 2.24) is 5.32 Å². The van der Waals surface area contributed by atoms with Crippen molar-refractivity contribution >= 4 is 11.3 Å². The Kier molecular flexibility index (Phi) is 5.07. The quantitative estimate of drug-likeness (QED) is 0.871. The lowest BCUT2D eigenvalue weighted by atomic mass is 10.1. The van der Waals surface area contributed by atoms with Gasteiger partial charge in [-0.3, -0.25) is 0 Å². The van der Waals surface area contributed by atoms with Crippen molar-refractivity contribution in [2.45, 2.75) is 19.6 Å². The summed E-state index contributed by atoms with van der Waals surface area (Å²) in [5.41, 5.74) is 1.75. The summed E-state index contributed by atoms with van der Waals surface area (Å²) >= 11 is 1.55. The second-order valence-electron chi connectivity index (χ2n) is 4.47. The molecule has 0 radical (unpaired) electrons. The Labute approximate surface area is 117 Å². The second-order valence-corrected chi connectivity index (χ2v) is 5.42. The number of halogens is 1. The minimum absolute atomic E-state index is 0.170. The summed E-state index contributed by atoms with van der Waals surface area (Å²) in [6.07, 6.45) is 0.178. The van der Waals surface area contributed by atoms with E-state index in [9.17, 15) is 4.39 Å². The molecule has 0 saturated carbocycles. The zero-order chi connectivity index (χ0) is 13.7. The predicted molar refractivity (Wildman–Crippen MR) is 77.9 cm³/mol. The van der Waals surface area contributed by atoms with Crippen molar-refractivity contribution in [3.8, 4) is 10.4 Å². The van der Waals surface area contributed by atoms with Crippen molar-refractivity contribution in [2.24, 2.45) is 0 Å². The van der Waals surface area contributed by atoms with Crippen LogP contribution in [-0.4, -0.2) is 19.8 Å². The Hall–Kier alpha value is -1.23. The van der Waals surface area contributed by atoms with Crippen LogP contribution in [0.3, 0.4) is 0 Å². The van der Waals surface area contributed by atoms with Crippen molar-refractivity contribution in [2.75, 3.05) is 13.7 Å². The van der Waals surface area contributed by atoms with Gasteiger partial charge in [0, 0.05) is 30.6 Å². The predicted octanol–water partition coefficient (Wildman–Crippen LogP) is 3.68. The van der Waals surface area contributed by atoms with E-state index in [4.69, 9.17) is 4.74 Å². The van der Waals surface area contributed by atoms with E-state index in [1.54, 1.807) is 18.4 Å². The van der Waals surface area contributed by atoms with Crippen LogP contribution in [0.4, 0.5) is 4.39 Å². The Morgan fingerprint density at radius 1 is 1.37 bits per heavy atom. The molecule has 0 saturated heterocycles. The first-order chi connectivity index (χ1) is 9.20. The molecule has 19 heavy (non-hydrogen) atoms. The van der Waals surface area contributed by atoms with Gasteiger partial charge in [0.15, 0.2) is 0 Å². The van der Waals surface area contributed by atoms with E-state index in [-0.39, 0.29) is 11.9 Å². The van der Waals surface area contributed by atoms with E-state index in [0.717, 1.165) is 17.0 Å². The maximum absolute atomic E-state index is 13.8. The first-order valence-corrected chi connectivity index (χ1v) is 7.14. The second kappa shape index (κ2) is 6.80.